The summed E-state index contributed by atoms with van der Waals surface area (Å²) in [5, 5.41) is 0. The number of fused-ring (bicyclic) bond motifs is 2. The Kier molecular flexibility index (Phi) is 5.27. The smallest absolute Gasteiger partial charge is 0.159 e. The van der Waals surface area contributed by atoms with Gasteiger partial charge in [0.1, 0.15) is 11.6 Å². The fourth-order valence-corrected chi connectivity index (χ4v) is 4.24. The van der Waals surface area contributed by atoms with Gasteiger partial charge in [-0.25, -0.2) is 19.9 Å². The van der Waals surface area contributed by atoms with Gasteiger partial charge in [0.25, 0.3) is 0 Å². The van der Waals surface area contributed by atoms with Crippen LogP contribution in [0.5, 0.6) is 0 Å². The molecule has 6 heteroatoms. The molecule has 0 amide bonds. The molecule has 2 N–H and O–H groups in total. The summed E-state index contributed by atoms with van der Waals surface area (Å²) in [7, 11) is 0. The Morgan fingerprint density at radius 3 is 1.59 bits per heavy atom. The molecule has 0 aliphatic carbocycles. The van der Waals surface area contributed by atoms with Crippen LogP contribution in [0, 0.1) is 10.8 Å². The SMILES string of the molecule is CC(C)(C)Cc1nc2ccc(-c3cnc(-c4ccc5nc(CC(C)(C)C)[nH]c5c4)nc3)cc2[nH]1. The molecule has 0 aliphatic rings. The first-order valence-corrected chi connectivity index (χ1v) is 11.8. The number of H-pyrrole nitrogens is 2. The van der Waals surface area contributed by atoms with E-state index in [1.165, 1.54) is 0 Å². The second-order valence-corrected chi connectivity index (χ2v) is 11.6. The molecule has 0 aliphatic heterocycles. The summed E-state index contributed by atoms with van der Waals surface area (Å²) in [5.41, 5.74) is 7.40. The molecule has 3 aromatic heterocycles. The van der Waals surface area contributed by atoms with Gasteiger partial charge in [-0.05, 0) is 46.7 Å². The number of hydrogen-bond donors (Lipinski definition) is 2. The van der Waals surface area contributed by atoms with Gasteiger partial charge in [-0.15, -0.1) is 0 Å². The van der Waals surface area contributed by atoms with Gasteiger partial charge in [-0.1, -0.05) is 47.6 Å². The van der Waals surface area contributed by atoms with Crippen molar-refractivity contribution in [2.24, 2.45) is 10.8 Å². The maximum atomic E-state index is 4.74. The van der Waals surface area contributed by atoms with E-state index in [-0.39, 0.29) is 10.8 Å². The van der Waals surface area contributed by atoms with Crippen LogP contribution in [0.3, 0.4) is 0 Å². The van der Waals surface area contributed by atoms with Gasteiger partial charge in [-0.3, -0.25) is 0 Å². The standard InChI is InChI=1S/C28H32N6/c1-27(2,3)13-24-31-20-9-7-17(11-22(20)33-24)19-15-29-26(30-16-19)18-8-10-21-23(12-18)34-25(32-21)14-28(4,5)6/h7-12,15-16H,13-14H2,1-6H3,(H,31,33)(H,32,34). The summed E-state index contributed by atoms with van der Waals surface area (Å²) in [5.74, 6) is 2.73. The molecule has 0 unspecified atom stereocenters. The lowest BCUT2D eigenvalue weighted by molar-refractivity contribution is 0.402. The molecule has 2 aromatic carbocycles. The molecule has 5 aromatic rings. The number of nitrogens with zero attached hydrogens (tertiary/aromatic N) is 4. The molecule has 0 fully saturated rings. The minimum Gasteiger partial charge on any atom is -0.342 e. The Labute approximate surface area is 200 Å². The zero-order valence-corrected chi connectivity index (χ0v) is 20.8. The zero-order chi connectivity index (χ0) is 24.1. The lowest BCUT2D eigenvalue weighted by Crippen LogP contribution is -2.10. The average Bonchev–Trinajstić information content (AvgIpc) is 3.32. The van der Waals surface area contributed by atoms with Crippen LogP contribution >= 0.6 is 0 Å². The summed E-state index contributed by atoms with van der Waals surface area (Å²) in [6.07, 6.45) is 5.59. The van der Waals surface area contributed by atoms with E-state index in [0.717, 1.165) is 63.2 Å². The third-order valence-electron chi connectivity index (χ3n) is 5.70. The number of aromatic nitrogens is 6. The second kappa shape index (κ2) is 8.05. The highest BCUT2D eigenvalue weighted by molar-refractivity contribution is 5.82. The Morgan fingerprint density at radius 1 is 0.618 bits per heavy atom. The number of imidazole rings is 2. The van der Waals surface area contributed by atoms with Crippen molar-refractivity contribution in [2.45, 2.75) is 54.4 Å². The van der Waals surface area contributed by atoms with E-state index in [1.54, 1.807) is 0 Å². The highest BCUT2D eigenvalue weighted by Crippen LogP contribution is 2.27. The van der Waals surface area contributed by atoms with Gasteiger partial charge in [0.2, 0.25) is 0 Å². The zero-order valence-electron chi connectivity index (χ0n) is 20.8. The van der Waals surface area contributed by atoms with Gasteiger partial charge < -0.3 is 9.97 Å². The monoisotopic (exact) mass is 452 g/mol. The predicted molar refractivity (Wildman–Crippen MR) is 139 cm³/mol. The molecule has 0 radical (unpaired) electrons. The van der Waals surface area contributed by atoms with Crippen LogP contribution in [0.1, 0.15) is 53.2 Å². The second-order valence-electron chi connectivity index (χ2n) is 11.6. The van der Waals surface area contributed by atoms with Gasteiger partial charge in [0.05, 0.1) is 22.1 Å². The Balaban J connectivity index is 1.40. The molecule has 34 heavy (non-hydrogen) atoms. The number of hydrogen-bond acceptors (Lipinski definition) is 4. The van der Waals surface area contributed by atoms with Crippen molar-refractivity contribution in [1.29, 1.82) is 0 Å². The van der Waals surface area contributed by atoms with E-state index in [4.69, 9.17) is 9.97 Å². The largest absolute Gasteiger partial charge is 0.342 e. The summed E-state index contributed by atoms with van der Waals surface area (Å²) in [6, 6.07) is 12.4. The molecule has 0 saturated heterocycles. The summed E-state index contributed by atoms with van der Waals surface area (Å²) < 4.78 is 0. The number of nitrogens with one attached hydrogen (secondary N) is 2. The first kappa shape index (κ1) is 22.3. The molecule has 0 bridgehead atoms. The van der Waals surface area contributed by atoms with Crippen LogP contribution in [0.2, 0.25) is 0 Å². The van der Waals surface area contributed by atoms with Gasteiger partial charge in [0, 0.05) is 36.4 Å². The van der Waals surface area contributed by atoms with Crippen molar-refractivity contribution >= 4 is 22.1 Å². The van der Waals surface area contributed by atoms with E-state index in [9.17, 15) is 0 Å². The number of aromatic amines is 2. The fourth-order valence-electron chi connectivity index (χ4n) is 4.24. The van der Waals surface area contributed by atoms with Crippen molar-refractivity contribution in [1.82, 2.24) is 29.9 Å². The van der Waals surface area contributed by atoms with Crippen LogP contribution in [0.25, 0.3) is 44.6 Å². The van der Waals surface area contributed by atoms with Crippen molar-refractivity contribution in [3.05, 3.63) is 60.4 Å². The van der Waals surface area contributed by atoms with Crippen LogP contribution in [-0.2, 0) is 12.8 Å². The normalized spacial score (nSPS) is 12.6. The third-order valence-corrected chi connectivity index (χ3v) is 5.70. The Hall–Kier alpha value is -3.54. The minimum absolute atomic E-state index is 0.184. The topological polar surface area (TPSA) is 83.1 Å². The quantitative estimate of drug-likeness (QED) is 0.316. The summed E-state index contributed by atoms with van der Waals surface area (Å²) >= 11 is 0. The van der Waals surface area contributed by atoms with Gasteiger partial charge >= 0.3 is 0 Å². The van der Waals surface area contributed by atoms with E-state index in [1.807, 2.05) is 24.5 Å². The fraction of sp³-hybridized carbons (Fsp3) is 0.357. The molecule has 6 nitrogen and oxygen atoms in total. The van der Waals surface area contributed by atoms with Crippen molar-refractivity contribution < 1.29 is 0 Å². The summed E-state index contributed by atoms with van der Waals surface area (Å²) in [4.78, 5) is 25.7. The molecule has 0 atom stereocenters. The highest BCUT2D eigenvalue weighted by atomic mass is 14.9. The minimum atomic E-state index is 0.184. The Bertz CT molecular complexity index is 1350. The highest BCUT2D eigenvalue weighted by Gasteiger charge is 2.16. The lowest BCUT2D eigenvalue weighted by atomic mass is 9.92. The molecule has 174 valence electrons. The predicted octanol–water partition coefficient (Wildman–Crippen LogP) is 6.74. The van der Waals surface area contributed by atoms with Crippen molar-refractivity contribution in [2.75, 3.05) is 0 Å². The average molecular weight is 453 g/mol. The molecule has 3 heterocycles. The van der Waals surface area contributed by atoms with Gasteiger partial charge in [0.15, 0.2) is 5.82 Å². The van der Waals surface area contributed by atoms with E-state index >= 15 is 0 Å². The molecule has 5 rings (SSSR count). The molecule has 0 saturated carbocycles. The van der Waals surface area contributed by atoms with E-state index in [2.05, 4.69) is 85.7 Å². The molecular weight excluding hydrogens is 420 g/mol. The first-order chi connectivity index (χ1) is 16.0. The van der Waals surface area contributed by atoms with E-state index in [0.29, 0.717) is 5.82 Å². The number of benzene rings is 2. The maximum Gasteiger partial charge on any atom is 0.159 e. The number of rotatable bonds is 4. The molecular formula is C28H32N6. The third kappa shape index (κ3) is 4.86. The Morgan fingerprint density at radius 2 is 1.09 bits per heavy atom. The van der Waals surface area contributed by atoms with Crippen LogP contribution in [0.15, 0.2) is 48.8 Å². The van der Waals surface area contributed by atoms with Crippen molar-refractivity contribution in [3.8, 4) is 22.5 Å². The van der Waals surface area contributed by atoms with Crippen molar-refractivity contribution in [3.63, 3.8) is 0 Å². The summed E-state index contributed by atoms with van der Waals surface area (Å²) in [6.45, 7) is 13.3. The maximum absolute atomic E-state index is 4.74. The van der Waals surface area contributed by atoms with Crippen LogP contribution in [0.4, 0.5) is 0 Å². The van der Waals surface area contributed by atoms with Gasteiger partial charge in [-0.2, -0.15) is 0 Å². The molecule has 0 spiro atoms. The first-order valence-electron chi connectivity index (χ1n) is 11.8. The van der Waals surface area contributed by atoms with Crippen LogP contribution in [-0.4, -0.2) is 29.9 Å². The van der Waals surface area contributed by atoms with E-state index < -0.39 is 0 Å². The van der Waals surface area contributed by atoms with Crippen LogP contribution < -0.4 is 0 Å². The lowest BCUT2D eigenvalue weighted by Gasteiger charge is -2.15.